The molecule has 4 aromatic rings. The van der Waals surface area contributed by atoms with Crippen molar-refractivity contribution in [2.75, 3.05) is 12.4 Å². The molecule has 5 rings (SSSR count). The van der Waals surface area contributed by atoms with E-state index in [1.165, 1.54) is 7.11 Å². The van der Waals surface area contributed by atoms with Crippen LogP contribution in [0.3, 0.4) is 0 Å². The molecule has 0 spiro atoms. The number of allylic oxidation sites excluding steroid dienone is 1. The number of aromatic amines is 1. The first-order valence-corrected chi connectivity index (χ1v) is 13.0. The van der Waals surface area contributed by atoms with Gasteiger partial charge in [-0.2, -0.15) is 0 Å². The molecule has 0 saturated carbocycles. The molecule has 0 unspecified atom stereocenters. The number of halogens is 1. The molecule has 2 bridgehead atoms. The molecule has 1 atom stereocenters. The van der Waals surface area contributed by atoms with Crippen LogP contribution in [0.5, 0.6) is 0 Å². The third-order valence-electron chi connectivity index (χ3n) is 6.61. The lowest BCUT2D eigenvalue weighted by Gasteiger charge is -2.16. The zero-order chi connectivity index (χ0) is 27.4. The molecule has 0 radical (unpaired) electrons. The van der Waals surface area contributed by atoms with Crippen LogP contribution in [0.15, 0.2) is 72.8 Å². The largest absolute Gasteiger partial charge is 0.469 e. The normalized spacial score (nSPS) is 16.2. The maximum atomic E-state index is 13.4. The number of anilines is 1. The Kier molecular flexibility index (Phi) is 7.74. The van der Waals surface area contributed by atoms with E-state index in [1.54, 1.807) is 24.3 Å². The predicted molar refractivity (Wildman–Crippen MR) is 151 cm³/mol. The van der Waals surface area contributed by atoms with Crippen LogP contribution >= 0.6 is 11.6 Å². The van der Waals surface area contributed by atoms with E-state index in [4.69, 9.17) is 21.3 Å². The molecule has 2 amide bonds. The fraction of sp³-hybridized carbons (Fsp3) is 0.200. The van der Waals surface area contributed by atoms with Crippen molar-refractivity contribution in [1.82, 2.24) is 15.3 Å². The number of aromatic nitrogens is 2. The van der Waals surface area contributed by atoms with Gasteiger partial charge in [-0.15, -0.1) is 0 Å². The average Bonchev–Trinajstić information content (AvgIpc) is 3.32. The smallest absolute Gasteiger partial charge is 0.309 e. The second-order valence-corrected chi connectivity index (χ2v) is 9.64. The van der Waals surface area contributed by atoms with Crippen LogP contribution in [0.4, 0.5) is 5.69 Å². The van der Waals surface area contributed by atoms with Crippen molar-refractivity contribution in [2.45, 2.75) is 31.7 Å². The number of carbonyl (C=O) groups is 3. The summed E-state index contributed by atoms with van der Waals surface area (Å²) in [6.07, 6.45) is 5.14. The highest BCUT2D eigenvalue weighted by molar-refractivity contribution is 6.32. The number of ether oxygens (including phenoxy) is 1. The van der Waals surface area contributed by atoms with Crippen molar-refractivity contribution >= 4 is 45.8 Å². The Labute approximate surface area is 230 Å². The molecular formula is C30H27ClN4O4. The van der Waals surface area contributed by atoms with Gasteiger partial charge in [-0.1, -0.05) is 72.3 Å². The molecule has 3 aromatic carbocycles. The number of nitrogens with zero attached hydrogens (tertiary/aromatic N) is 1. The first-order valence-electron chi connectivity index (χ1n) is 12.6. The average molecular weight is 543 g/mol. The number of esters is 1. The van der Waals surface area contributed by atoms with Crippen molar-refractivity contribution in [3.8, 4) is 11.3 Å². The van der Waals surface area contributed by atoms with Gasteiger partial charge in [-0.05, 0) is 41.3 Å². The maximum Gasteiger partial charge on any atom is 0.309 e. The summed E-state index contributed by atoms with van der Waals surface area (Å²) in [7, 11) is 1.33. The lowest BCUT2D eigenvalue weighted by Crippen LogP contribution is -2.29. The summed E-state index contributed by atoms with van der Waals surface area (Å²) in [5.74, 6) is -0.305. The lowest BCUT2D eigenvalue weighted by atomic mass is 10.0. The number of H-pyrrole nitrogens is 1. The minimum Gasteiger partial charge on any atom is -0.469 e. The molecule has 198 valence electrons. The van der Waals surface area contributed by atoms with E-state index in [-0.39, 0.29) is 35.8 Å². The molecular weight excluding hydrogens is 516 g/mol. The maximum absolute atomic E-state index is 13.4. The van der Waals surface area contributed by atoms with Crippen molar-refractivity contribution in [2.24, 2.45) is 0 Å². The number of hydrogen-bond donors (Lipinski definition) is 3. The molecule has 8 nitrogen and oxygen atoms in total. The van der Waals surface area contributed by atoms with Crippen LogP contribution in [0, 0.1) is 0 Å². The van der Waals surface area contributed by atoms with E-state index >= 15 is 0 Å². The van der Waals surface area contributed by atoms with E-state index in [9.17, 15) is 14.4 Å². The van der Waals surface area contributed by atoms with Crippen LogP contribution in [0.2, 0.25) is 5.15 Å². The van der Waals surface area contributed by atoms with Crippen molar-refractivity contribution < 1.29 is 19.1 Å². The Hall–Kier alpha value is -4.43. The first-order chi connectivity index (χ1) is 18.9. The quantitative estimate of drug-likeness (QED) is 0.224. The fourth-order valence-corrected chi connectivity index (χ4v) is 4.88. The Morgan fingerprint density at radius 2 is 1.92 bits per heavy atom. The molecule has 1 aliphatic heterocycles. The van der Waals surface area contributed by atoms with Crippen LogP contribution in [0.1, 0.15) is 47.1 Å². The highest BCUT2D eigenvalue weighted by atomic mass is 35.5. The summed E-state index contributed by atoms with van der Waals surface area (Å²) in [6, 6.07) is 18.1. The van der Waals surface area contributed by atoms with Gasteiger partial charge in [0.15, 0.2) is 0 Å². The molecule has 1 aliphatic rings. The summed E-state index contributed by atoms with van der Waals surface area (Å²) in [4.78, 5) is 45.9. The molecule has 1 aromatic heterocycles. The number of imidazole rings is 1. The van der Waals surface area contributed by atoms with E-state index in [0.29, 0.717) is 46.7 Å². The van der Waals surface area contributed by atoms with Gasteiger partial charge in [0, 0.05) is 17.5 Å². The first kappa shape index (κ1) is 26.2. The monoisotopic (exact) mass is 542 g/mol. The van der Waals surface area contributed by atoms with E-state index in [0.717, 1.165) is 10.8 Å². The number of methoxy groups -OCH3 is 1. The van der Waals surface area contributed by atoms with Gasteiger partial charge in [-0.3, -0.25) is 14.4 Å². The third-order valence-corrected chi connectivity index (χ3v) is 6.89. The molecule has 0 saturated heterocycles. The fourth-order valence-electron chi connectivity index (χ4n) is 4.64. The van der Waals surface area contributed by atoms with Gasteiger partial charge in [0.05, 0.1) is 25.3 Å². The Bertz CT molecular complexity index is 1590. The molecule has 0 aliphatic carbocycles. The van der Waals surface area contributed by atoms with E-state index in [1.807, 2.05) is 48.6 Å². The van der Waals surface area contributed by atoms with Gasteiger partial charge in [0.2, 0.25) is 5.91 Å². The summed E-state index contributed by atoms with van der Waals surface area (Å²) >= 11 is 6.62. The van der Waals surface area contributed by atoms with Crippen LogP contribution in [-0.2, 0) is 20.7 Å². The molecule has 9 heteroatoms. The molecule has 39 heavy (non-hydrogen) atoms. The summed E-state index contributed by atoms with van der Waals surface area (Å²) in [6.45, 7) is 0. The van der Waals surface area contributed by atoms with Gasteiger partial charge in [0.1, 0.15) is 16.7 Å². The van der Waals surface area contributed by atoms with E-state index in [2.05, 4.69) is 15.6 Å². The number of rotatable bonds is 4. The third kappa shape index (κ3) is 5.86. The SMILES string of the molecule is COC(=O)Cc1ccc2c(c1)NC(=O)CC/C=C/C[C@H](NC(=O)c1cccc3ccccc13)c1nc-2c(Cl)[nH]1. The van der Waals surface area contributed by atoms with Crippen molar-refractivity contribution in [3.63, 3.8) is 0 Å². The predicted octanol–water partition coefficient (Wildman–Crippen LogP) is 5.75. The minimum absolute atomic E-state index is 0.0597. The lowest BCUT2D eigenvalue weighted by molar-refractivity contribution is -0.139. The standard InChI is InChI=1S/C30H27ClN4O4/c1-39-26(37)17-18-14-15-22-24(16-18)32-25(36)13-4-2-3-12-23(29-34-27(22)28(31)35-29)33-30(38)21-11-7-9-19-8-5-6-10-20(19)21/h2-3,5-11,14-16,23H,4,12-13,17H2,1H3,(H,32,36)(H,33,38)(H,34,35)/b3-2+/t23-/m0/s1. The van der Waals surface area contributed by atoms with Gasteiger partial charge in [0.25, 0.3) is 5.91 Å². The highest BCUT2D eigenvalue weighted by Crippen LogP contribution is 2.35. The Morgan fingerprint density at radius 1 is 1.10 bits per heavy atom. The second-order valence-electron chi connectivity index (χ2n) is 9.26. The number of amides is 2. The zero-order valence-corrected chi connectivity index (χ0v) is 22.0. The Morgan fingerprint density at radius 3 is 2.77 bits per heavy atom. The highest BCUT2D eigenvalue weighted by Gasteiger charge is 2.23. The number of nitrogens with one attached hydrogen (secondary N) is 3. The summed E-state index contributed by atoms with van der Waals surface area (Å²) in [5.41, 5.74) is 2.75. The van der Waals surface area contributed by atoms with Gasteiger partial charge in [-0.25, -0.2) is 4.98 Å². The van der Waals surface area contributed by atoms with Crippen molar-refractivity contribution in [1.29, 1.82) is 0 Å². The molecule has 3 N–H and O–H groups in total. The number of fused-ring (bicyclic) bond motifs is 5. The van der Waals surface area contributed by atoms with Crippen LogP contribution < -0.4 is 10.6 Å². The van der Waals surface area contributed by atoms with Gasteiger partial charge < -0.3 is 20.4 Å². The molecule has 2 heterocycles. The van der Waals surface area contributed by atoms with Crippen molar-refractivity contribution in [3.05, 3.63) is 94.9 Å². The topological polar surface area (TPSA) is 113 Å². The summed E-state index contributed by atoms with van der Waals surface area (Å²) in [5, 5.41) is 8.15. The number of carbonyl (C=O) groups excluding carboxylic acids is 3. The van der Waals surface area contributed by atoms with E-state index < -0.39 is 6.04 Å². The van der Waals surface area contributed by atoms with Crippen LogP contribution in [-0.4, -0.2) is 34.9 Å². The van der Waals surface area contributed by atoms with Crippen LogP contribution in [0.25, 0.3) is 22.0 Å². The minimum atomic E-state index is -0.495. The second kappa shape index (κ2) is 11.5. The zero-order valence-electron chi connectivity index (χ0n) is 21.3. The molecule has 0 fully saturated rings. The number of hydrogen-bond acceptors (Lipinski definition) is 5. The Balaban J connectivity index is 1.52. The van der Waals surface area contributed by atoms with Gasteiger partial charge >= 0.3 is 5.97 Å². The number of benzene rings is 3. The summed E-state index contributed by atoms with van der Waals surface area (Å²) < 4.78 is 4.78.